The molecule has 5 N–H and O–H groups in total. The van der Waals surface area contributed by atoms with Crippen LogP contribution in [0.5, 0.6) is 0 Å². The lowest BCUT2D eigenvalue weighted by atomic mass is 9.95. The predicted octanol–water partition coefficient (Wildman–Crippen LogP) is -0.503. The van der Waals surface area contributed by atoms with Crippen LogP contribution >= 0.6 is 0 Å². The molecule has 0 saturated carbocycles. The minimum absolute atomic E-state index is 0.212. The Bertz CT molecular complexity index is 803. The fraction of sp³-hybridized carbons (Fsp3) is 0.706. The first kappa shape index (κ1) is 21.5. The molecule has 0 radical (unpaired) electrons. The van der Waals surface area contributed by atoms with Crippen LogP contribution in [0.1, 0.15) is 45.1 Å². The second-order valence-corrected chi connectivity index (χ2v) is 6.89. The standard InChI is InChI=1S/C15H23N5O5.C2H6/c1-8-16-11-9(10(18-19(11)3)15(24,25)13(21)22)12(17-8)20-6-4-5-14(2,23)7-20;1-2/h13,21-25H,4-7H2,1-3H3;1-2H3/t14-;/m0./s1. The van der Waals surface area contributed by atoms with Crippen LogP contribution in [0.25, 0.3) is 11.0 Å². The molecule has 152 valence electrons. The van der Waals surface area contributed by atoms with E-state index >= 15 is 0 Å². The molecule has 10 heteroatoms. The number of rotatable bonds is 3. The van der Waals surface area contributed by atoms with E-state index in [2.05, 4.69) is 15.1 Å². The highest BCUT2D eigenvalue weighted by molar-refractivity contribution is 5.90. The first-order chi connectivity index (χ1) is 12.5. The number of aliphatic hydroxyl groups excluding tert-OH is 1. The number of aryl methyl sites for hydroxylation is 2. The first-order valence-electron chi connectivity index (χ1n) is 9.03. The van der Waals surface area contributed by atoms with Gasteiger partial charge in [-0.3, -0.25) is 0 Å². The maximum Gasteiger partial charge on any atom is 0.262 e. The van der Waals surface area contributed by atoms with Crippen molar-refractivity contribution in [3.05, 3.63) is 11.5 Å². The van der Waals surface area contributed by atoms with Crippen LogP contribution in [0.15, 0.2) is 0 Å². The lowest BCUT2D eigenvalue weighted by molar-refractivity contribution is -0.299. The molecule has 0 amide bonds. The van der Waals surface area contributed by atoms with Gasteiger partial charge in [-0.1, -0.05) is 13.8 Å². The zero-order chi connectivity index (χ0) is 20.6. The number of piperidine rings is 1. The van der Waals surface area contributed by atoms with Gasteiger partial charge in [0.05, 0.1) is 11.0 Å². The second kappa shape index (κ2) is 7.64. The van der Waals surface area contributed by atoms with E-state index < -0.39 is 17.7 Å². The molecule has 1 aliphatic rings. The van der Waals surface area contributed by atoms with Crippen molar-refractivity contribution in [1.29, 1.82) is 0 Å². The molecule has 0 aromatic carbocycles. The van der Waals surface area contributed by atoms with Crippen LogP contribution < -0.4 is 4.90 Å². The highest BCUT2D eigenvalue weighted by atomic mass is 16.6. The third-order valence-corrected chi connectivity index (χ3v) is 4.46. The zero-order valence-electron chi connectivity index (χ0n) is 16.4. The van der Waals surface area contributed by atoms with E-state index in [1.807, 2.05) is 18.7 Å². The van der Waals surface area contributed by atoms with Gasteiger partial charge in [-0.25, -0.2) is 14.6 Å². The molecular formula is C17H29N5O5. The smallest absolute Gasteiger partial charge is 0.262 e. The number of anilines is 1. The number of aliphatic hydroxyl groups is 5. The maximum absolute atomic E-state index is 10.4. The topological polar surface area (TPSA) is 148 Å². The zero-order valence-corrected chi connectivity index (χ0v) is 16.4. The van der Waals surface area contributed by atoms with E-state index in [1.54, 1.807) is 20.9 Å². The van der Waals surface area contributed by atoms with Gasteiger partial charge in [-0.2, -0.15) is 5.10 Å². The van der Waals surface area contributed by atoms with Gasteiger partial charge in [0.2, 0.25) is 6.29 Å². The summed E-state index contributed by atoms with van der Waals surface area (Å²) in [4.78, 5) is 10.5. The fourth-order valence-corrected chi connectivity index (χ4v) is 3.25. The Morgan fingerprint density at radius 1 is 1.19 bits per heavy atom. The predicted molar refractivity (Wildman–Crippen MR) is 98.8 cm³/mol. The van der Waals surface area contributed by atoms with Gasteiger partial charge in [0.25, 0.3) is 5.79 Å². The average Bonchev–Trinajstić information content (AvgIpc) is 2.92. The third kappa shape index (κ3) is 4.04. The van der Waals surface area contributed by atoms with Gasteiger partial charge in [0, 0.05) is 20.1 Å². The summed E-state index contributed by atoms with van der Waals surface area (Å²) in [6.45, 7) is 8.35. The van der Waals surface area contributed by atoms with Gasteiger partial charge in [0.1, 0.15) is 17.3 Å². The van der Waals surface area contributed by atoms with E-state index in [0.717, 1.165) is 6.42 Å². The molecule has 1 atom stereocenters. The molecule has 3 heterocycles. The minimum atomic E-state index is -2.98. The van der Waals surface area contributed by atoms with Crippen LogP contribution in [0.4, 0.5) is 5.82 Å². The van der Waals surface area contributed by atoms with Gasteiger partial charge < -0.3 is 30.4 Å². The van der Waals surface area contributed by atoms with Crippen molar-refractivity contribution in [2.75, 3.05) is 18.0 Å². The Balaban J connectivity index is 0.00000126. The van der Waals surface area contributed by atoms with Crippen LogP contribution in [-0.4, -0.2) is 70.3 Å². The number of hydrogen-bond donors (Lipinski definition) is 5. The van der Waals surface area contributed by atoms with E-state index in [1.165, 1.54) is 4.68 Å². The lowest BCUT2D eigenvalue weighted by Gasteiger charge is -2.38. The Hall–Kier alpha value is -1.85. The lowest BCUT2D eigenvalue weighted by Crippen LogP contribution is -2.47. The Morgan fingerprint density at radius 3 is 2.37 bits per heavy atom. The Kier molecular flexibility index (Phi) is 6.07. The van der Waals surface area contributed by atoms with Crippen molar-refractivity contribution in [3.8, 4) is 0 Å². The first-order valence-corrected chi connectivity index (χ1v) is 9.03. The van der Waals surface area contributed by atoms with Crippen molar-refractivity contribution in [3.63, 3.8) is 0 Å². The van der Waals surface area contributed by atoms with E-state index in [9.17, 15) is 25.5 Å². The number of hydrogen-bond acceptors (Lipinski definition) is 9. The summed E-state index contributed by atoms with van der Waals surface area (Å²) in [5.74, 6) is -2.16. The molecule has 1 fully saturated rings. The van der Waals surface area contributed by atoms with Crippen LogP contribution in [0.3, 0.4) is 0 Å². The van der Waals surface area contributed by atoms with Gasteiger partial charge in [-0.05, 0) is 26.7 Å². The number of nitrogens with zero attached hydrogens (tertiary/aromatic N) is 5. The molecule has 0 spiro atoms. The molecule has 0 unspecified atom stereocenters. The number of aromatic nitrogens is 4. The third-order valence-electron chi connectivity index (χ3n) is 4.46. The molecule has 1 saturated heterocycles. The molecule has 0 aliphatic carbocycles. The highest BCUT2D eigenvalue weighted by Gasteiger charge is 2.41. The molecule has 27 heavy (non-hydrogen) atoms. The van der Waals surface area contributed by atoms with Crippen molar-refractivity contribution < 1.29 is 25.5 Å². The van der Waals surface area contributed by atoms with Crippen molar-refractivity contribution in [1.82, 2.24) is 19.7 Å². The van der Waals surface area contributed by atoms with E-state index in [-0.39, 0.29) is 11.1 Å². The second-order valence-electron chi connectivity index (χ2n) is 6.89. The van der Waals surface area contributed by atoms with Gasteiger partial charge >= 0.3 is 0 Å². The van der Waals surface area contributed by atoms with Crippen LogP contribution in [-0.2, 0) is 12.8 Å². The largest absolute Gasteiger partial charge is 0.388 e. The van der Waals surface area contributed by atoms with Gasteiger partial charge in [-0.15, -0.1) is 0 Å². The molecule has 3 rings (SSSR count). The summed E-state index contributed by atoms with van der Waals surface area (Å²) < 4.78 is 1.33. The van der Waals surface area contributed by atoms with Crippen molar-refractivity contribution >= 4 is 16.9 Å². The highest BCUT2D eigenvalue weighted by Crippen LogP contribution is 2.35. The molecule has 2 aromatic heterocycles. The van der Waals surface area contributed by atoms with E-state index in [0.29, 0.717) is 36.8 Å². The minimum Gasteiger partial charge on any atom is -0.388 e. The van der Waals surface area contributed by atoms with Crippen LogP contribution in [0, 0.1) is 6.92 Å². The number of β-amino-alcohol motifs (C(OH)–C–C–N with tert-alkyl or cyclic N) is 1. The maximum atomic E-state index is 10.4. The van der Waals surface area contributed by atoms with Crippen LogP contribution in [0.2, 0.25) is 0 Å². The fourth-order valence-electron chi connectivity index (χ4n) is 3.25. The molecule has 0 bridgehead atoms. The van der Waals surface area contributed by atoms with Gasteiger partial charge in [0.15, 0.2) is 5.65 Å². The number of fused-ring (bicyclic) bond motifs is 1. The van der Waals surface area contributed by atoms with Crippen molar-refractivity contribution in [2.24, 2.45) is 7.05 Å². The molecule has 2 aromatic rings. The summed E-state index contributed by atoms with van der Waals surface area (Å²) in [7, 11) is 1.56. The summed E-state index contributed by atoms with van der Waals surface area (Å²) >= 11 is 0. The monoisotopic (exact) mass is 383 g/mol. The summed E-state index contributed by atoms with van der Waals surface area (Å²) in [5, 5.41) is 53.6. The molecule has 1 aliphatic heterocycles. The SMILES string of the molecule is CC.Cc1nc(N2CCC[C@](C)(O)C2)c2c(C(O)(O)C(O)O)nn(C)c2n1. The Labute approximate surface area is 157 Å². The quantitative estimate of drug-likeness (QED) is 0.442. The average molecular weight is 383 g/mol. The molecular weight excluding hydrogens is 354 g/mol. The normalized spacial score (nSPS) is 20.8. The molecule has 10 nitrogen and oxygen atoms in total. The summed E-state index contributed by atoms with van der Waals surface area (Å²) in [5.41, 5.74) is -0.922. The summed E-state index contributed by atoms with van der Waals surface area (Å²) in [6.07, 6.45) is -1.07. The summed E-state index contributed by atoms with van der Waals surface area (Å²) in [6, 6.07) is 0. The van der Waals surface area contributed by atoms with Crippen molar-refractivity contribution in [2.45, 2.75) is 58.2 Å². The van der Waals surface area contributed by atoms with E-state index in [4.69, 9.17) is 0 Å². The Morgan fingerprint density at radius 2 is 1.81 bits per heavy atom.